The third-order valence-corrected chi connectivity index (χ3v) is 2.44. The monoisotopic (exact) mass is 186 g/mol. The Bertz CT molecular complexity index is 289. The van der Waals surface area contributed by atoms with Gasteiger partial charge in [-0.25, -0.2) is 0 Å². The first-order valence-electron chi connectivity index (χ1n) is 4.20. The van der Waals surface area contributed by atoms with Crippen LogP contribution in [0, 0.1) is 5.92 Å². The van der Waals surface area contributed by atoms with E-state index in [0.29, 0.717) is 0 Å². The first-order chi connectivity index (χ1) is 6.09. The molecule has 2 atom stereocenters. The number of hydrogen-bond donors (Lipinski definition) is 0. The first kappa shape index (κ1) is 8.60. The molecule has 0 heterocycles. The Labute approximate surface area is 74.4 Å². The number of halogens is 3. The summed E-state index contributed by atoms with van der Waals surface area (Å²) in [4.78, 5) is 0. The molecule has 0 amide bonds. The normalized spacial score (nSPS) is 27.3. The lowest BCUT2D eigenvalue weighted by molar-refractivity contribution is -0.148. The Kier molecular flexibility index (Phi) is 1.82. The third-order valence-electron chi connectivity index (χ3n) is 2.44. The van der Waals surface area contributed by atoms with Gasteiger partial charge in [0.1, 0.15) is 0 Å². The van der Waals surface area contributed by atoms with Crippen LogP contribution in [0.1, 0.15) is 17.9 Å². The maximum absolute atomic E-state index is 12.2. The summed E-state index contributed by atoms with van der Waals surface area (Å²) in [5, 5.41) is 0. The number of rotatable bonds is 1. The Morgan fingerprint density at radius 2 is 1.69 bits per heavy atom. The van der Waals surface area contributed by atoms with Crippen molar-refractivity contribution in [3.05, 3.63) is 35.9 Å². The number of hydrogen-bond acceptors (Lipinski definition) is 0. The van der Waals surface area contributed by atoms with Gasteiger partial charge in [0.15, 0.2) is 0 Å². The van der Waals surface area contributed by atoms with Crippen LogP contribution < -0.4 is 0 Å². The summed E-state index contributed by atoms with van der Waals surface area (Å²) < 4.78 is 36.5. The van der Waals surface area contributed by atoms with Crippen molar-refractivity contribution < 1.29 is 13.2 Å². The van der Waals surface area contributed by atoms with Crippen LogP contribution in [0.5, 0.6) is 0 Å². The summed E-state index contributed by atoms with van der Waals surface area (Å²) in [6, 6.07) is 8.89. The molecule has 1 aliphatic rings. The molecule has 1 fully saturated rings. The van der Waals surface area contributed by atoms with Gasteiger partial charge in [-0.05, 0) is 17.9 Å². The molecule has 0 aromatic heterocycles. The molecule has 1 saturated carbocycles. The molecule has 2 rings (SSSR count). The molecule has 70 valence electrons. The zero-order chi connectivity index (χ0) is 9.47. The summed E-state index contributed by atoms with van der Waals surface area (Å²) in [6.45, 7) is 0. The zero-order valence-electron chi connectivity index (χ0n) is 6.88. The predicted molar refractivity (Wildman–Crippen MR) is 43.3 cm³/mol. The lowest BCUT2D eigenvalue weighted by Crippen LogP contribution is -2.11. The van der Waals surface area contributed by atoms with Crippen LogP contribution in [0.2, 0.25) is 0 Å². The second-order valence-electron chi connectivity index (χ2n) is 3.40. The lowest BCUT2D eigenvalue weighted by atomic mass is 10.1. The zero-order valence-corrected chi connectivity index (χ0v) is 6.88. The molecule has 13 heavy (non-hydrogen) atoms. The van der Waals surface area contributed by atoms with Gasteiger partial charge in [-0.1, -0.05) is 30.3 Å². The van der Waals surface area contributed by atoms with Crippen molar-refractivity contribution in [2.24, 2.45) is 5.92 Å². The fourth-order valence-electron chi connectivity index (χ4n) is 1.63. The minimum absolute atomic E-state index is 0.257. The molecule has 1 aromatic carbocycles. The van der Waals surface area contributed by atoms with Crippen molar-refractivity contribution >= 4 is 0 Å². The molecule has 0 spiro atoms. The maximum atomic E-state index is 12.2. The van der Waals surface area contributed by atoms with E-state index >= 15 is 0 Å². The molecule has 1 aliphatic carbocycles. The number of benzene rings is 1. The predicted octanol–water partition coefficient (Wildman–Crippen LogP) is 3.35. The van der Waals surface area contributed by atoms with Gasteiger partial charge in [-0.2, -0.15) is 13.2 Å². The van der Waals surface area contributed by atoms with Crippen molar-refractivity contribution in [2.75, 3.05) is 0 Å². The van der Waals surface area contributed by atoms with Crippen LogP contribution in [0.4, 0.5) is 13.2 Å². The van der Waals surface area contributed by atoms with E-state index in [9.17, 15) is 13.2 Å². The van der Waals surface area contributed by atoms with Gasteiger partial charge >= 0.3 is 6.18 Å². The van der Waals surface area contributed by atoms with E-state index in [0.717, 1.165) is 5.56 Å². The largest absolute Gasteiger partial charge is 0.392 e. The molecule has 0 nitrogen and oxygen atoms in total. The highest BCUT2D eigenvalue weighted by molar-refractivity contribution is 5.26. The molecule has 0 bridgehead atoms. The van der Waals surface area contributed by atoms with E-state index < -0.39 is 12.1 Å². The molecular weight excluding hydrogens is 177 g/mol. The van der Waals surface area contributed by atoms with Gasteiger partial charge in [0, 0.05) is 0 Å². The average Bonchev–Trinajstić information content (AvgIpc) is 2.83. The average molecular weight is 186 g/mol. The Morgan fingerprint density at radius 1 is 1.08 bits per heavy atom. The van der Waals surface area contributed by atoms with Crippen LogP contribution in [-0.4, -0.2) is 6.18 Å². The standard InChI is InChI=1S/C10H9F3/c11-10(12,13)9-6-8(9)7-4-2-1-3-5-7/h1-5,8-9H,6H2/t8-,9+/m0/s1. The van der Waals surface area contributed by atoms with Gasteiger partial charge < -0.3 is 0 Å². The molecule has 0 saturated heterocycles. The Hall–Kier alpha value is -0.990. The minimum atomic E-state index is -4.01. The van der Waals surface area contributed by atoms with Crippen molar-refractivity contribution in [1.82, 2.24) is 0 Å². The van der Waals surface area contributed by atoms with Crippen LogP contribution in [0.25, 0.3) is 0 Å². The Balaban J connectivity index is 2.09. The summed E-state index contributed by atoms with van der Waals surface area (Å²) in [5.74, 6) is -1.39. The molecule has 0 aliphatic heterocycles. The fraction of sp³-hybridized carbons (Fsp3) is 0.400. The third kappa shape index (κ3) is 1.69. The van der Waals surface area contributed by atoms with E-state index in [1.165, 1.54) is 0 Å². The van der Waals surface area contributed by atoms with Crippen molar-refractivity contribution in [1.29, 1.82) is 0 Å². The van der Waals surface area contributed by atoms with Gasteiger partial charge in [0.2, 0.25) is 0 Å². The topological polar surface area (TPSA) is 0 Å². The highest BCUT2D eigenvalue weighted by Gasteiger charge is 2.55. The van der Waals surface area contributed by atoms with Crippen LogP contribution in [-0.2, 0) is 0 Å². The second-order valence-corrected chi connectivity index (χ2v) is 3.40. The quantitative estimate of drug-likeness (QED) is 0.630. The van der Waals surface area contributed by atoms with Crippen LogP contribution in [0.3, 0.4) is 0 Å². The maximum Gasteiger partial charge on any atom is 0.392 e. The van der Waals surface area contributed by atoms with Crippen LogP contribution >= 0.6 is 0 Å². The molecule has 1 aromatic rings. The molecule has 3 heteroatoms. The van der Waals surface area contributed by atoms with E-state index in [4.69, 9.17) is 0 Å². The second kappa shape index (κ2) is 2.76. The smallest absolute Gasteiger partial charge is 0.171 e. The minimum Gasteiger partial charge on any atom is -0.171 e. The van der Waals surface area contributed by atoms with E-state index in [1.807, 2.05) is 6.07 Å². The lowest BCUT2D eigenvalue weighted by Gasteiger charge is -2.04. The van der Waals surface area contributed by atoms with Gasteiger partial charge in [0.25, 0.3) is 0 Å². The summed E-state index contributed by atoms with van der Waals surface area (Å²) in [7, 11) is 0. The highest BCUT2D eigenvalue weighted by Crippen LogP contribution is 2.55. The summed E-state index contributed by atoms with van der Waals surface area (Å²) in [6.07, 6.45) is -3.76. The molecule has 0 unspecified atom stereocenters. The van der Waals surface area contributed by atoms with E-state index in [1.54, 1.807) is 24.3 Å². The van der Waals surface area contributed by atoms with Gasteiger partial charge in [-0.15, -0.1) is 0 Å². The number of alkyl halides is 3. The van der Waals surface area contributed by atoms with Gasteiger partial charge in [-0.3, -0.25) is 0 Å². The van der Waals surface area contributed by atoms with Crippen molar-refractivity contribution in [3.8, 4) is 0 Å². The van der Waals surface area contributed by atoms with Crippen molar-refractivity contribution in [2.45, 2.75) is 18.5 Å². The SMILES string of the molecule is FC(F)(F)[C@@H]1C[C@H]1c1ccccc1. The first-order valence-corrected chi connectivity index (χ1v) is 4.20. The van der Waals surface area contributed by atoms with Crippen molar-refractivity contribution in [3.63, 3.8) is 0 Å². The summed E-state index contributed by atoms with van der Waals surface area (Å²) >= 11 is 0. The summed E-state index contributed by atoms with van der Waals surface area (Å²) in [5.41, 5.74) is 0.810. The van der Waals surface area contributed by atoms with E-state index in [-0.39, 0.29) is 12.3 Å². The molecule has 0 N–H and O–H groups in total. The van der Waals surface area contributed by atoms with Gasteiger partial charge in [0.05, 0.1) is 5.92 Å². The van der Waals surface area contributed by atoms with E-state index in [2.05, 4.69) is 0 Å². The highest BCUT2D eigenvalue weighted by atomic mass is 19.4. The van der Waals surface area contributed by atoms with Crippen LogP contribution in [0.15, 0.2) is 30.3 Å². The fourth-order valence-corrected chi connectivity index (χ4v) is 1.63. The molecule has 0 radical (unpaired) electrons. The Morgan fingerprint density at radius 3 is 2.15 bits per heavy atom. The molecular formula is C10H9F3.